The molecular formula is C14H16ClN3. The predicted molar refractivity (Wildman–Crippen MR) is 75.0 cm³/mol. The summed E-state index contributed by atoms with van der Waals surface area (Å²) in [5.41, 5.74) is 0.888. The molecule has 94 valence electrons. The van der Waals surface area contributed by atoms with Gasteiger partial charge in [-0.05, 0) is 43.0 Å². The molecule has 3 nitrogen and oxygen atoms in total. The van der Waals surface area contributed by atoms with Gasteiger partial charge in [-0.1, -0.05) is 25.0 Å². The van der Waals surface area contributed by atoms with Crippen LogP contribution in [0.5, 0.6) is 0 Å². The lowest BCUT2D eigenvalue weighted by Crippen LogP contribution is -2.17. The molecule has 1 aliphatic carbocycles. The zero-order valence-corrected chi connectivity index (χ0v) is 11.1. The molecule has 0 aliphatic heterocycles. The van der Waals surface area contributed by atoms with Crippen LogP contribution in [0.2, 0.25) is 5.28 Å². The third kappa shape index (κ3) is 2.56. The second-order valence-electron chi connectivity index (χ2n) is 5.08. The van der Waals surface area contributed by atoms with Crippen molar-refractivity contribution in [1.29, 1.82) is 0 Å². The van der Waals surface area contributed by atoms with Crippen LogP contribution in [0.4, 0.5) is 5.82 Å². The first-order chi connectivity index (χ1) is 8.72. The number of halogens is 1. The van der Waals surface area contributed by atoms with Crippen LogP contribution in [0.3, 0.4) is 0 Å². The first-order valence-electron chi connectivity index (χ1n) is 6.41. The topological polar surface area (TPSA) is 37.8 Å². The monoisotopic (exact) mass is 261 g/mol. The molecule has 1 aromatic heterocycles. The quantitative estimate of drug-likeness (QED) is 0.849. The highest BCUT2D eigenvalue weighted by atomic mass is 35.5. The molecule has 0 bridgehead atoms. The fourth-order valence-electron chi connectivity index (χ4n) is 2.30. The summed E-state index contributed by atoms with van der Waals surface area (Å²) in [6, 6.07) is 8.36. The van der Waals surface area contributed by atoms with Gasteiger partial charge >= 0.3 is 0 Å². The number of benzene rings is 1. The summed E-state index contributed by atoms with van der Waals surface area (Å²) in [7, 11) is 0. The van der Waals surface area contributed by atoms with E-state index in [1.165, 1.54) is 19.3 Å². The minimum absolute atomic E-state index is 0.301. The highest BCUT2D eigenvalue weighted by Gasteiger charge is 2.23. The van der Waals surface area contributed by atoms with Crippen molar-refractivity contribution < 1.29 is 0 Å². The van der Waals surface area contributed by atoms with E-state index >= 15 is 0 Å². The van der Waals surface area contributed by atoms with Gasteiger partial charge in [-0.2, -0.15) is 0 Å². The molecule has 0 saturated heterocycles. The van der Waals surface area contributed by atoms with Gasteiger partial charge in [0.1, 0.15) is 5.82 Å². The van der Waals surface area contributed by atoms with Gasteiger partial charge in [-0.3, -0.25) is 0 Å². The second-order valence-corrected chi connectivity index (χ2v) is 5.42. The molecule has 3 rings (SSSR count). The van der Waals surface area contributed by atoms with E-state index in [0.29, 0.717) is 11.3 Å². The molecular weight excluding hydrogens is 246 g/mol. The van der Waals surface area contributed by atoms with Crippen LogP contribution >= 0.6 is 11.6 Å². The van der Waals surface area contributed by atoms with E-state index in [-0.39, 0.29) is 0 Å². The Hall–Kier alpha value is -1.35. The van der Waals surface area contributed by atoms with Crippen molar-refractivity contribution in [2.24, 2.45) is 5.92 Å². The third-order valence-electron chi connectivity index (χ3n) is 3.34. The number of para-hydroxylation sites is 1. The van der Waals surface area contributed by atoms with Crippen LogP contribution < -0.4 is 5.32 Å². The number of fused-ring (bicyclic) bond motifs is 1. The lowest BCUT2D eigenvalue weighted by molar-refractivity contribution is 0.640. The normalized spacial score (nSPS) is 16.8. The minimum Gasteiger partial charge on any atom is -0.367 e. The Labute approximate surface area is 112 Å². The van der Waals surface area contributed by atoms with Crippen molar-refractivity contribution >= 4 is 28.3 Å². The van der Waals surface area contributed by atoms with Crippen molar-refractivity contribution in [3.05, 3.63) is 29.5 Å². The van der Waals surface area contributed by atoms with Crippen molar-refractivity contribution in [3.63, 3.8) is 0 Å². The molecule has 18 heavy (non-hydrogen) atoms. The predicted octanol–water partition coefficient (Wildman–Crippen LogP) is 3.88. The summed E-state index contributed by atoms with van der Waals surface area (Å²) in [4.78, 5) is 8.54. The highest BCUT2D eigenvalue weighted by Crippen LogP contribution is 2.34. The summed E-state index contributed by atoms with van der Waals surface area (Å²) in [5, 5.41) is 4.79. The smallest absolute Gasteiger partial charge is 0.224 e. The molecule has 0 amide bonds. The van der Waals surface area contributed by atoms with Gasteiger partial charge < -0.3 is 5.32 Å². The lowest BCUT2D eigenvalue weighted by atomic mass is 10.1. The summed E-state index contributed by atoms with van der Waals surface area (Å²) in [6.45, 7) is 2.20. The van der Waals surface area contributed by atoms with Gasteiger partial charge in [0, 0.05) is 11.4 Å². The number of hydrogen-bond donors (Lipinski definition) is 1. The van der Waals surface area contributed by atoms with Crippen molar-refractivity contribution in [2.45, 2.75) is 32.2 Å². The molecule has 1 aromatic carbocycles. The first-order valence-corrected chi connectivity index (χ1v) is 6.79. The maximum Gasteiger partial charge on any atom is 0.224 e. The molecule has 2 aromatic rings. The zero-order chi connectivity index (χ0) is 12.5. The van der Waals surface area contributed by atoms with Gasteiger partial charge in [0.05, 0.1) is 5.52 Å². The standard InChI is InChI=1S/C14H16ClN3/c1-9(8-10-6-7-10)16-13-11-4-2-3-5-12(11)17-14(15)18-13/h2-5,9-10H,6-8H2,1H3,(H,16,17,18). The van der Waals surface area contributed by atoms with Gasteiger partial charge in [-0.25, -0.2) is 9.97 Å². The first kappa shape index (κ1) is 11.7. The van der Waals surface area contributed by atoms with E-state index in [1.807, 2.05) is 24.3 Å². The second kappa shape index (κ2) is 4.73. The SMILES string of the molecule is CC(CC1CC1)Nc1nc(Cl)nc2ccccc12. The molecule has 1 fully saturated rings. The summed E-state index contributed by atoms with van der Waals surface area (Å²) in [6.07, 6.45) is 3.95. The number of rotatable bonds is 4. The molecule has 4 heteroatoms. The van der Waals surface area contributed by atoms with Crippen LogP contribution in [0.15, 0.2) is 24.3 Å². The van der Waals surface area contributed by atoms with Gasteiger partial charge in [-0.15, -0.1) is 0 Å². The Morgan fingerprint density at radius 1 is 1.33 bits per heavy atom. The number of aromatic nitrogens is 2. The van der Waals surface area contributed by atoms with E-state index in [2.05, 4.69) is 22.2 Å². The number of anilines is 1. The highest BCUT2D eigenvalue weighted by molar-refractivity contribution is 6.28. The number of nitrogens with one attached hydrogen (secondary N) is 1. The van der Waals surface area contributed by atoms with Gasteiger partial charge in [0.25, 0.3) is 0 Å². The van der Waals surface area contributed by atoms with Crippen molar-refractivity contribution in [2.75, 3.05) is 5.32 Å². The fraction of sp³-hybridized carbons (Fsp3) is 0.429. The summed E-state index contributed by atoms with van der Waals surface area (Å²) >= 11 is 5.96. The van der Waals surface area contributed by atoms with Crippen LogP contribution in [-0.4, -0.2) is 16.0 Å². The largest absolute Gasteiger partial charge is 0.367 e. The minimum atomic E-state index is 0.301. The number of nitrogens with zero attached hydrogens (tertiary/aromatic N) is 2. The number of hydrogen-bond acceptors (Lipinski definition) is 3. The molecule has 1 aliphatic rings. The zero-order valence-electron chi connectivity index (χ0n) is 10.4. The molecule has 0 spiro atoms. The lowest BCUT2D eigenvalue weighted by Gasteiger charge is -2.15. The van der Waals surface area contributed by atoms with E-state index in [4.69, 9.17) is 11.6 Å². The Balaban J connectivity index is 1.89. The molecule has 0 radical (unpaired) electrons. The van der Waals surface area contributed by atoms with E-state index in [9.17, 15) is 0 Å². The van der Waals surface area contributed by atoms with Crippen molar-refractivity contribution in [1.82, 2.24) is 9.97 Å². The summed E-state index contributed by atoms with van der Waals surface area (Å²) < 4.78 is 0. The molecule has 1 N–H and O–H groups in total. The third-order valence-corrected chi connectivity index (χ3v) is 3.51. The Morgan fingerprint density at radius 3 is 2.89 bits per heavy atom. The van der Waals surface area contributed by atoms with Gasteiger partial charge in [0.2, 0.25) is 5.28 Å². The molecule has 1 saturated carbocycles. The van der Waals surface area contributed by atoms with Crippen LogP contribution in [0.1, 0.15) is 26.2 Å². The van der Waals surface area contributed by atoms with E-state index < -0.39 is 0 Å². The maximum absolute atomic E-state index is 5.96. The molecule has 1 heterocycles. The Morgan fingerprint density at radius 2 is 2.11 bits per heavy atom. The van der Waals surface area contributed by atoms with E-state index in [0.717, 1.165) is 22.6 Å². The summed E-state index contributed by atoms with van der Waals surface area (Å²) in [5.74, 6) is 1.75. The Bertz CT molecular complexity index is 566. The maximum atomic E-state index is 5.96. The average Bonchev–Trinajstić information content (AvgIpc) is 3.12. The van der Waals surface area contributed by atoms with Gasteiger partial charge in [0.15, 0.2) is 0 Å². The molecule has 1 unspecified atom stereocenters. The average molecular weight is 262 g/mol. The van der Waals surface area contributed by atoms with E-state index in [1.54, 1.807) is 0 Å². The van der Waals surface area contributed by atoms with Crippen LogP contribution in [-0.2, 0) is 0 Å². The Kier molecular flexibility index (Phi) is 3.08. The van der Waals surface area contributed by atoms with Crippen LogP contribution in [0, 0.1) is 5.92 Å². The fourth-order valence-corrected chi connectivity index (χ4v) is 2.48. The molecule has 1 atom stereocenters. The van der Waals surface area contributed by atoms with Crippen LogP contribution in [0.25, 0.3) is 10.9 Å². The van der Waals surface area contributed by atoms with Crippen molar-refractivity contribution in [3.8, 4) is 0 Å².